The van der Waals surface area contributed by atoms with E-state index >= 15 is 0 Å². The normalized spacial score (nSPS) is 25.1. The van der Waals surface area contributed by atoms with Crippen LogP contribution in [0.4, 0.5) is 0 Å². The van der Waals surface area contributed by atoms with Gasteiger partial charge in [-0.15, -0.1) is 0 Å². The van der Waals surface area contributed by atoms with Gasteiger partial charge in [-0.3, -0.25) is 0 Å². The molecule has 0 saturated carbocycles. The summed E-state index contributed by atoms with van der Waals surface area (Å²) < 4.78 is 32.8. The molecule has 5 aliphatic rings. The third-order valence-electron chi connectivity index (χ3n) is 16.4. The minimum absolute atomic E-state index is 0.00788. The molecular weight excluding hydrogens is 1100 g/mol. The topological polar surface area (TPSA) is 431 Å². The van der Waals surface area contributed by atoms with E-state index in [4.69, 9.17) is 23.7 Å². The van der Waals surface area contributed by atoms with Crippen molar-refractivity contribution >= 4 is 0 Å². The summed E-state index contributed by atoms with van der Waals surface area (Å²) in [6.07, 6.45) is -12.8. The summed E-state index contributed by atoms with van der Waals surface area (Å²) >= 11 is 0. The van der Waals surface area contributed by atoms with Crippen molar-refractivity contribution in [2.24, 2.45) is 0 Å². The molecule has 0 aliphatic carbocycles. The molecule has 2 bridgehead atoms. The molecule has 0 spiro atoms. The van der Waals surface area contributed by atoms with E-state index in [1.165, 1.54) is 24.3 Å². The van der Waals surface area contributed by atoms with Crippen LogP contribution in [0, 0.1) is 0 Å². The number of phenols is 15. The van der Waals surface area contributed by atoms with Crippen molar-refractivity contribution in [3.63, 3.8) is 0 Å². The fourth-order valence-electron chi connectivity index (χ4n) is 12.5. The van der Waals surface area contributed by atoms with Crippen LogP contribution < -0.4 is 23.7 Å². The Morgan fingerprint density at radius 1 is 0.333 bits per heavy atom. The number of phenolic OH excluding ortho intramolecular Hbond substituents is 15. The van der Waals surface area contributed by atoms with Crippen molar-refractivity contribution in [1.82, 2.24) is 0 Å². The molecule has 0 aromatic heterocycles. The van der Waals surface area contributed by atoms with Crippen molar-refractivity contribution < 1.29 is 121 Å². The van der Waals surface area contributed by atoms with Gasteiger partial charge < -0.3 is 121 Å². The molecule has 0 amide bonds. The van der Waals surface area contributed by atoms with Crippen molar-refractivity contribution in [3.05, 3.63) is 164 Å². The zero-order valence-corrected chi connectivity index (χ0v) is 42.8. The minimum atomic E-state index is -2.69. The molecule has 8 aromatic rings. The van der Waals surface area contributed by atoms with Gasteiger partial charge in [-0.2, -0.15) is 0 Å². The van der Waals surface area contributed by atoms with Gasteiger partial charge in [0.05, 0.1) is 23.9 Å². The number of aromatic hydroxyl groups is 15. The van der Waals surface area contributed by atoms with E-state index in [9.17, 15) is 97.0 Å². The van der Waals surface area contributed by atoms with Crippen LogP contribution in [0.25, 0.3) is 0 Å². The second-order valence-electron chi connectivity index (χ2n) is 21.2. The fraction of sp³-hybridized carbons (Fsp3) is 0.200. The molecule has 8 aromatic carbocycles. The van der Waals surface area contributed by atoms with Gasteiger partial charge in [0.2, 0.25) is 0 Å². The zero-order valence-electron chi connectivity index (χ0n) is 42.8. The lowest BCUT2D eigenvalue weighted by atomic mass is 9.70. The maximum absolute atomic E-state index is 13.1. The summed E-state index contributed by atoms with van der Waals surface area (Å²) in [6.45, 7) is 0. The molecule has 2 unspecified atom stereocenters. The maximum atomic E-state index is 13.1. The average Bonchev–Trinajstić information content (AvgIpc) is 0.716. The third kappa shape index (κ3) is 7.68. The van der Waals surface area contributed by atoms with E-state index in [1.54, 1.807) is 0 Å². The highest BCUT2D eigenvalue weighted by molar-refractivity contribution is 5.74. The first kappa shape index (κ1) is 52.9. The number of aliphatic hydroxyl groups excluding tert-OH is 4. The van der Waals surface area contributed by atoms with Crippen LogP contribution in [0.2, 0.25) is 0 Å². The molecule has 432 valence electrons. The van der Waals surface area contributed by atoms with Gasteiger partial charge in [0, 0.05) is 81.3 Å². The Morgan fingerprint density at radius 3 is 1.32 bits per heavy atom. The molecule has 5 aliphatic heterocycles. The number of rotatable bonds is 6. The highest BCUT2D eigenvalue weighted by Gasteiger charge is 2.62. The Morgan fingerprint density at radius 2 is 0.786 bits per heavy atom. The van der Waals surface area contributed by atoms with Crippen molar-refractivity contribution in [2.75, 3.05) is 0 Å². The van der Waals surface area contributed by atoms with Crippen LogP contribution in [-0.4, -0.2) is 121 Å². The molecule has 19 N–H and O–H groups in total. The molecule has 0 radical (unpaired) electrons. The minimum Gasteiger partial charge on any atom is -0.508 e. The highest BCUT2D eigenvalue weighted by atomic mass is 16.7. The smallest absolute Gasteiger partial charge is 0.305 e. The highest BCUT2D eigenvalue weighted by Crippen LogP contribution is 2.67. The quantitative estimate of drug-likeness (QED) is 0.0889. The van der Waals surface area contributed by atoms with Gasteiger partial charge in [-0.25, -0.2) is 0 Å². The molecule has 24 heteroatoms. The van der Waals surface area contributed by atoms with Gasteiger partial charge in [-0.05, 0) is 71.3 Å². The Hall–Kier alpha value is -10.4. The van der Waals surface area contributed by atoms with Crippen LogP contribution in [-0.2, 0) is 12.2 Å². The summed E-state index contributed by atoms with van der Waals surface area (Å²) in [5, 5.41) is 218. The summed E-state index contributed by atoms with van der Waals surface area (Å²) in [5.41, 5.74) is -2.71. The van der Waals surface area contributed by atoms with Gasteiger partial charge in [0.1, 0.15) is 93.4 Å². The lowest BCUT2D eigenvalue weighted by Crippen LogP contribution is -2.58. The summed E-state index contributed by atoms with van der Waals surface area (Å²) in [6, 6.07) is 18.1. The second kappa shape index (κ2) is 18.6. The number of ether oxygens (including phenoxy) is 5. The Labute approximate surface area is 471 Å². The maximum Gasteiger partial charge on any atom is 0.305 e. The number of aliphatic hydroxyl groups is 4. The Kier molecular flexibility index (Phi) is 11.7. The molecule has 0 saturated heterocycles. The predicted octanol–water partition coefficient (Wildman–Crippen LogP) is 5.69. The van der Waals surface area contributed by atoms with Crippen LogP contribution in [0.3, 0.4) is 0 Å². The SMILES string of the molecule is Oc1cc(O)c2c(c1)O[C@H](c1ccc(O)c(O)c1)[C@H](O)C2c1c(O)cc(O)c2c1O[C@H](c1ccc(O)c(O)c1)[C@H](O)C2c1c(O)cc(O)c2c1O[C@@]1(c3ccc(O)c(O)c3)Oc3cc(O)c4c(c3[C@@H]2[C@H]1O)O[C@H](c1ccc(O)c(O)c1)[C@H](O)C4. The summed E-state index contributed by atoms with van der Waals surface area (Å²) in [7, 11) is 0. The zero-order chi connectivity index (χ0) is 59.4. The van der Waals surface area contributed by atoms with E-state index in [0.717, 1.165) is 78.9 Å². The van der Waals surface area contributed by atoms with Gasteiger partial charge in [0.25, 0.3) is 0 Å². The second-order valence-corrected chi connectivity index (χ2v) is 21.2. The molecular formula is C60H48O24. The first-order chi connectivity index (χ1) is 40.0. The lowest BCUT2D eigenvalue weighted by Gasteiger charge is -2.51. The van der Waals surface area contributed by atoms with Crippen molar-refractivity contribution in [3.8, 4) is 115 Å². The molecule has 11 atom stereocenters. The van der Waals surface area contributed by atoms with Gasteiger partial charge in [-0.1, -0.05) is 18.2 Å². The van der Waals surface area contributed by atoms with Gasteiger partial charge in [0.15, 0.2) is 58.2 Å². The number of benzene rings is 8. The summed E-state index contributed by atoms with van der Waals surface area (Å²) in [5.74, 6) is -20.5. The molecule has 13 rings (SSSR count). The van der Waals surface area contributed by atoms with Crippen molar-refractivity contribution in [2.45, 2.75) is 72.7 Å². The van der Waals surface area contributed by atoms with E-state index in [2.05, 4.69) is 0 Å². The molecule has 5 heterocycles. The molecule has 84 heavy (non-hydrogen) atoms. The first-order valence-corrected chi connectivity index (χ1v) is 25.8. The van der Waals surface area contributed by atoms with E-state index in [-0.39, 0.29) is 62.6 Å². The largest absolute Gasteiger partial charge is 0.508 e. The van der Waals surface area contributed by atoms with Crippen LogP contribution in [0.15, 0.2) is 103 Å². The predicted molar refractivity (Wildman–Crippen MR) is 283 cm³/mol. The van der Waals surface area contributed by atoms with Crippen molar-refractivity contribution in [1.29, 1.82) is 0 Å². The fourth-order valence-corrected chi connectivity index (χ4v) is 12.5. The monoisotopic (exact) mass is 1150 g/mol. The first-order valence-electron chi connectivity index (χ1n) is 25.8. The Balaban J connectivity index is 1.09. The number of hydrogen-bond donors (Lipinski definition) is 19. The average molecular weight is 1150 g/mol. The van der Waals surface area contributed by atoms with E-state index in [1.807, 2.05) is 0 Å². The van der Waals surface area contributed by atoms with Crippen LogP contribution in [0.5, 0.6) is 115 Å². The standard InChI is InChI=1S/C60H48O24/c61-23-13-34(71)42-40(14-23)80-54(20-2-6-26(63)31(68)10-20)51(77)48(42)43-35(72)16-36(73)44-49(52(78)55(82-57(43)44)21-3-7-27(64)32(69)11-21)45-37(74)17-38(75)46-50-47-41(83-60(59(50)79,84-58(45)46)22-4-8-28(65)33(70)12-22)18-29(66)24-15-39(76)53(81-56(24)47)19-1-5-25(62)30(67)9-19/h1-14,16-18,39,48-55,59,61-79H,15H2/t39-,48?,49?,50-,51-,52-,53-,54-,55-,59-,60-/m1/s1. The summed E-state index contributed by atoms with van der Waals surface area (Å²) in [4.78, 5) is 0. The molecule has 24 nitrogen and oxygen atoms in total. The Bertz CT molecular complexity index is 4110. The van der Waals surface area contributed by atoms with Gasteiger partial charge >= 0.3 is 5.79 Å². The van der Waals surface area contributed by atoms with Crippen LogP contribution in [0.1, 0.15) is 97.3 Å². The van der Waals surface area contributed by atoms with Crippen LogP contribution >= 0.6 is 0 Å². The lowest BCUT2D eigenvalue weighted by molar-refractivity contribution is -0.219. The number of fused-ring (bicyclic) bond motifs is 10. The van der Waals surface area contributed by atoms with E-state index < -0.39 is 186 Å². The third-order valence-corrected chi connectivity index (χ3v) is 16.4. The van der Waals surface area contributed by atoms with E-state index in [0.29, 0.717) is 0 Å². The number of hydrogen-bond acceptors (Lipinski definition) is 24. The molecule has 0 fully saturated rings.